The minimum absolute atomic E-state index is 0.0626. The number of hydrogen-bond donors (Lipinski definition) is 1. The summed E-state index contributed by atoms with van der Waals surface area (Å²) in [5.74, 6) is 0.962. The zero-order valence-corrected chi connectivity index (χ0v) is 12.8. The molecule has 2 atom stereocenters. The molecule has 0 radical (unpaired) electrons. The number of hydrogen-bond acceptors (Lipinski definition) is 4. The van der Waals surface area contributed by atoms with Crippen LogP contribution in [0.5, 0.6) is 0 Å². The fourth-order valence-corrected chi connectivity index (χ4v) is 2.66. The van der Waals surface area contributed by atoms with Gasteiger partial charge in [0.15, 0.2) is 6.29 Å². The number of nitrogens with one attached hydrogen (secondary N) is 1. The number of ether oxygens (including phenoxy) is 2. The number of aryl methyl sites for hydroxylation is 1. The Hall–Kier alpha value is -1.36. The molecule has 1 aromatic carbocycles. The molecule has 0 amide bonds. The fraction of sp³-hybridized carbons (Fsp3) is 0.500. The summed E-state index contributed by atoms with van der Waals surface area (Å²) in [6.07, 6.45) is -0.276. The Morgan fingerprint density at radius 3 is 2.35 bits per heavy atom. The van der Waals surface area contributed by atoms with E-state index in [1.54, 1.807) is 14.2 Å². The largest absolute Gasteiger partial charge is 0.459 e. The molecule has 2 rings (SSSR count). The molecular formula is C16H23NO3. The summed E-state index contributed by atoms with van der Waals surface area (Å²) in [6, 6.07) is 8.25. The maximum Gasteiger partial charge on any atom is 0.171 e. The third-order valence-electron chi connectivity index (χ3n) is 3.66. The van der Waals surface area contributed by atoms with Crippen LogP contribution in [0.15, 0.2) is 28.7 Å². The highest BCUT2D eigenvalue weighted by Gasteiger charge is 2.22. The zero-order valence-electron chi connectivity index (χ0n) is 12.8. The van der Waals surface area contributed by atoms with Crippen molar-refractivity contribution in [2.24, 2.45) is 0 Å². The summed E-state index contributed by atoms with van der Waals surface area (Å²) in [5.41, 5.74) is 2.11. The number of benzene rings is 1. The molecule has 0 saturated heterocycles. The minimum Gasteiger partial charge on any atom is -0.459 e. The van der Waals surface area contributed by atoms with Crippen LogP contribution in [0.4, 0.5) is 0 Å². The van der Waals surface area contributed by atoms with Gasteiger partial charge in [-0.1, -0.05) is 18.2 Å². The molecule has 4 nitrogen and oxygen atoms in total. The molecule has 1 N–H and O–H groups in total. The Labute approximate surface area is 120 Å². The average Bonchev–Trinajstić information content (AvgIpc) is 2.78. The molecule has 1 heterocycles. The Kier molecular flexibility index (Phi) is 4.81. The van der Waals surface area contributed by atoms with Gasteiger partial charge in [-0.25, -0.2) is 0 Å². The molecule has 0 aliphatic heterocycles. The Bertz CT molecular complexity index is 560. The van der Waals surface area contributed by atoms with Crippen molar-refractivity contribution >= 4 is 11.0 Å². The number of fused-ring (bicyclic) bond motifs is 1. The van der Waals surface area contributed by atoms with Crippen molar-refractivity contribution in [3.8, 4) is 0 Å². The SMILES string of the molecule is COC(OC)C(C)NC(C)c1oc2ccccc2c1C. The number of rotatable bonds is 6. The summed E-state index contributed by atoms with van der Waals surface area (Å²) < 4.78 is 16.5. The van der Waals surface area contributed by atoms with E-state index in [1.165, 1.54) is 10.9 Å². The van der Waals surface area contributed by atoms with E-state index < -0.39 is 0 Å². The van der Waals surface area contributed by atoms with Crippen LogP contribution >= 0.6 is 0 Å². The standard InChI is InChI=1S/C16H23NO3/c1-10-13-8-6-7-9-14(13)20-15(10)11(2)17-12(3)16(18-4)19-5/h6-9,11-12,16-17H,1-5H3. The monoisotopic (exact) mass is 277 g/mol. The van der Waals surface area contributed by atoms with Crippen LogP contribution in [0.2, 0.25) is 0 Å². The van der Waals surface area contributed by atoms with E-state index in [9.17, 15) is 0 Å². The summed E-state index contributed by atoms with van der Waals surface area (Å²) in [7, 11) is 3.28. The van der Waals surface area contributed by atoms with Gasteiger partial charge in [-0.3, -0.25) is 0 Å². The van der Waals surface area contributed by atoms with E-state index in [-0.39, 0.29) is 18.4 Å². The van der Waals surface area contributed by atoms with Gasteiger partial charge < -0.3 is 19.2 Å². The first-order valence-corrected chi connectivity index (χ1v) is 6.88. The topological polar surface area (TPSA) is 43.6 Å². The molecule has 20 heavy (non-hydrogen) atoms. The lowest BCUT2D eigenvalue weighted by molar-refractivity contribution is -0.121. The van der Waals surface area contributed by atoms with Crippen LogP contribution in [-0.4, -0.2) is 26.6 Å². The van der Waals surface area contributed by atoms with Gasteiger partial charge in [0.1, 0.15) is 11.3 Å². The first-order chi connectivity index (χ1) is 9.58. The molecule has 4 heteroatoms. The van der Waals surface area contributed by atoms with Crippen molar-refractivity contribution in [1.29, 1.82) is 0 Å². The van der Waals surface area contributed by atoms with Crippen molar-refractivity contribution in [3.63, 3.8) is 0 Å². The molecule has 0 aliphatic carbocycles. The molecule has 0 spiro atoms. The molecule has 0 saturated carbocycles. The van der Waals surface area contributed by atoms with Crippen LogP contribution < -0.4 is 5.32 Å². The normalized spacial score (nSPS) is 14.9. The van der Waals surface area contributed by atoms with Gasteiger partial charge in [0.25, 0.3) is 0 Å². The van der Waals surface area contributed by atoms with E-state index in [0.717, 1.165) is 11.3 Å². The van der Waals surface area contributed by atoms with Gasteiger partial charge in [-0.05, 0) is 32.4 Å². The minimum atomic E-state index is -0.276. The lowest BCUT2D eigenvalue weighted by atomic mass is 10.1. The van der Waals surface area contributed by atoms with Crippen LogP contribution in [0, 0.1) is 6.92 Å². The summed E-state index contributed by atoms with van der Waals surface area (Å²) >= 11 is 0. The Morgan fingerprint density at radius 1 is 1.10 bits per heavy atom. The van der Waals surface area contributed by atoms with Crippen LogP contribution in [-0.2, 0) is 9.47 Å². The second-order valence-corrected chi connectivity index (χ2v) is 5.10. The van der Waals surface area contributed by atoms with Gasteiger partial charge in [-0.2, -0.15) is 0 Å². The van der Waals surface area contributed by atoms with Crippen LogP contribution in [0.25, 0.3) is 11.0 Å². The quantitative estimate of drug-likeness (QED) is 0.822. The van der Waals surface area contributed by atoms with Crippen LogP contribution in [0.3, 0.4) is 0 Å². The lowest BCUT2D eigenvalue weighted by Gasteiger charge is -2.25. The molecule has 110 valence electrons. The highest BCUT2D eigenvalue weighted by molar-refractivity contribution is 5.82. The van der Waals surface area contributed by atoms with Crippen molar-refractivity contribution in [3.05, 3.63) is 35.6 Å². The first kappa shape index (κ1) is 15.0. The van der Waals surface area contributed by atoms with Gasteiger partial charge in [0.2, 0.25) is 0 Å². The molecular weight excluding hydrogens is 254 g/mol. The van der Waals surface area contributed by atoms with Crippen LogP contribution in [0.1, 0.15) is 31.2 Å². The van der Waals surface area contributed by atoms with E-state index in [0.29, 0.717) is 0 Å². The predicted molar refractivity (Wildman–Crippen MR) is 79.8 cm³/mol. The van der Waals surface area contributed by atoms with Gasteiger partial charge in [0.05, 0.1) is 12.1 Å². The summed E-state index contributed by atoms with van der Waals surface area (Å²) in [6.45, 7) is 6.21. The van der Waals surface area contributed by atoms with Crippen molar-refractivity contribution in [1.82, 2.24) is 5.32 Å². The number of para-hydroxylation sites is 1. The van der Waals surface area contributed by atoms with E-state index in [1.807, 2.05) is 25.1 Å². The van der Waals surface area contributed by atoms with Crippen molar-refractivity contribution in [2.75, 3.05) is 14.2 Å². The van der Waals surface area contributed by atoms with E-state index >= 15 is 0 Å². The third kappa shape index (κ3) is 2.87. The number of furan rings is 1. The van der Waals surface area contributed by atoms with Crippen molar-refractivity contribution in [2.45, 2.75) is 39.1 Å². The van der Waals surface area contributed by atoms with Crippen molar-refractivity contribution < 1.29 is 13.9 Å². The van der Waals surface area contributed by atoms with E-state index in [4.69, 9.17) is 13.9 Å². The maximum atomic E-state index is 5.96. The third-order valence-corrected chi connectivity index (χ3v) is 3.66. The average molecular weight is 277 g/mol. The molecule has 0 bridgehead atoms. The maximum absolute atomic E-state index is 5.96. The summed E-state index contributed by atoms with van der Waals surface area (Å²) in [4.78, 5) is 0. The second-order valence-electron chi connectivity index (χ2n) is 5.10. The second kappa shape index (κ2) is 6.39. The predicted octanol–water partition coefficient (Wildman–Crippen LogP) is 3.40. The molecule has 2 aromatic rings. The van der Waals surface area contributed by atoms with Gasteiger partial charge in [0, 0.05) is 19.6 Å². The first-order valence-electron chi connectivity index (χ1n) is 6.88. The highest BCUT2D eigenvalue weighted by Crippen LogP contribution is 2.29. The molecule has 0 fully saturated rings. The molecule has 2 unspecified atom stereocenters. The van der Waals surface area contributed by atoms with Gasteiger partial charge in [-0.15, -0.1) is 0 Å². The highest BCUT2D eigenvalue weighted by atomic mass is 16.7. The Morgan fingerprint density at radius 2 is 1.75 bits per heavy atom. The summed E-state index contributed by atoms with van der Waals surface area (Å²) in [5, 5.41) is 4.62. The zero-order chi connectivity index (χ0) is 14.7. The lowest BCUT2D eigenvalue weighted by Crippen LogP contribution is -2.40. The Balaban J connectivity index is 2.19. The van der Waals surface area contributed by atoms with E-state index in [2.05, 4.69) is 25.2 Å². The fourth-order valence-electron chi connectivity index (χ4n) is 2.66. The molecule has 0 aliphatic rings. The smallest absolute Gasteiger partial charge is 0.171 e. The van der Waals surface area contributed by atoms with Gasteiger partial charge >= 0.3 is 0 Å². The number of methoxy groups -OCH3 is 2. The molecule has 1 aromatic heterocycles.